The van der Waals surface area contributed by atoms with Crippen molar-refractivity contribution in [1.82, 2.24) is 15.4 Å². The van der Waals surface area contributed by atoms with Crippen molar-refractivity contribution in [3.8, 4) is 17.3 Å². The molecule has 16 heavy (non-hydrogen) atoms. The van der Waals surface area contributed by atoms with Crippen LogP contribution in [0.3, 0.4) is 0 Å². The van der Waals surface area contributed by atoms with Crippen LogP contribution in [0.5, 0.6) is 5.88 Å². The van der Waals surface area contributed by atoms with Crippen LogP contribution in [0.25, 0.3) is 11.5 Å². The van der Waals surface area contributed by atoms with Gasteiger partial charge in [0.25, 0.3) is 0 Å². The maximum absolute atomic E-state index is 11.0. The summed E-state index contributed by atoms with van der Waals surface area (Å²) in [5.74, 6) is 0.659. The predicted octanol–water partition coefficient (Wildman–Crippen LogP) is 1.34. The van der Waals surface area contributed by atoms with E-state index in [2.05, 4.69) is 15.4 Å². The van der Waals surface area contributed by atoms with E-state index in [1.54, 1.807) is 12.1 Å². The predicted molar refractivity (Wildman–Crippen MR) is 54.1 cm³/mol. The standard InChI is InChI=1S/C10H9N3O3/c1-6(14)8-5-9(16-13-8)7-3-4-10(15-2)12-11-7/h3-5H,1-2H3. The first-order chi connectivity index (χ1) is 7.70. The van der Waals surface area contributed by atoms with Crippen molar-refractivity contribution in [2.75, 3.05) is 7.11 Å². The third-order valence-electron chi connectivity index (χ3n) is 1.97. The minimum Gasteiger partial charge on any atom is -0.480 e. The number of aromatic nitrogens is 3. The second kappa shape index (κ2) is 4.09. The first-order valence-electron chi connectivity index (χ1n) is 4.56. The third kappa shape index (κ3) is 1.90. The number of carbonyl (C=O) groups is 1. The Hall–Kier alpha value is -2.24. The van der Waals surface area contributed by atoms with Gasteiger partial charge in [0, 0.05) is 19.1 Å². The normalized spacial score (nSPS) is 10.1. The Morgan fingerprint density at radius 2 is 2.19 bits per heavy atom. The van der Waals surface area contributed by atoms with Crippen molar-refractivity contribution < 1.29 is 14.1 Å². The monoisotopic (exact) mass is 219 g/mol. The second-order valence-electron chi connectivity index (χ2n) is 3.09. The molecule has 0 spiro atoms. The number of methoxy groups -OCH3 is 1. The molecule has 82 valence electrons. The summed E-state index contributed by atoms with van der Waals surface area (Å²) in [6.07, 6.45) is 0. The van der Waals surface area contributed by atoms with Crippen molar-refractivity contribution in [1.29, 1.82) is 0 Å². The highest BCUT2D eigenvalue weighted by molar-refractivity contribution is 5.92. The highest BCUT2D eigenvalue weighted by Crippen LogP contribution is 2.18. The van der Waals surface area contributed by atoms with Gasteiger partial charge in [-0.2, -0.15) is 0 Å². The molecule has 6 heteroatoms. The maximum Gasteiger partial charge on any atom is 0.233 e. The summed E-state index contributed by atoms with van der Waals surface area (Å²) in [5, 5.41) is 11.3. The topological polar surface area (TPSA) is 78.1 Å². The van der Waals surface area contributed by atoms with Crippen LogP contribution in [0, 0.1) is 0 Å². The quantitative estimate of drug-likeness (QED) is 0.725. The molecule has 0 aliphatic heterocycles. The molecule has 0 radical (unpaired) electrons. The van der Waals surface area contributed by atoms with E-state index in [0.29, 0.717) is 17.3 Å². The zero-order valence-electron chi connectivity index (χ0n) is 8.80. The molecule has 0 saturated carbocycles. The molecule has 0 bridgehead atoms. The average Bonchev–Trinajstić information content (AvgIpc) is 2.78. The lowest BCUT2D eigenvalue weighted by Crippen LogP contribution is -1.91. The largest absolute Gasteiger partial charge is 0.480 e. The fourth-order valence-corrected chi connectivity index (χ4v) is 1.12. The van der Waals surface area contributed by atoms with Gasteiger partial charge >= 0.3 is 0 Å². The Balaban J connectivity index is 2.31. The fraction of sp³-hybridized carbons (Fsp3) is 0.200. The van der Waals surface area contributed by atoms with Gasteiger partial charge < -0.3 is 9.26 Å². The lowest BCUT2D eigenvalue weighted by molar-refractivity contribution is 0.100. The number of ketones is 1. The van der Waals surface area contributed by atoms with E-state index >= 15 is 0 Å². The molecular weight excluding hydrogens is 210 g/mol. The molecule has 0 unspecified atom stereocenters. The molecule has 0 amide bonds. The Kier molecular flexibility index (Phi) is 2.63. The highest BCUT2D eigenvalue weighted by atomic mass is 16.5. The van der Waals surface area contributed by atoms with Gasteiger partial charge in [-0.3, -0.25) is 4.79 Å². The molecule has 0 fully saturated rings. The smallest absolute Gasteiger partial charge is 0.233 e. The van der Waals surface area contributed by atoms with Gasteiger partial charge in [-0.1, -0.05) is 5.16 Å². The SMILES string of the molecule is COc1ccc(-c2cc(C(C)=O)no2)nn1. The average molecular weight is 219 g/mol. The molecule has 2 aromatic rings. The highest BCUT2D eigenvalue weighted by Gasteiger charge is 2.11. The van der Waals surface area contributed by atoms with Crippen LogP contribution in [-0.2, 0) is 0 Å². The number of rotatable bonds is 3. The lowest BCUT2D eigenvalue weighted by Gasteiger charge is -1.96. The lowest BCUT2D eigenvalue weighted by atomic mass is 10.2. The third-order valence-corrected chi connectivity index (χ3v) is 1.97. The van der Waals surface area contributed by atoms with Crippen molar-refractivity contribution >= 4 is 5.78 Å². The Bertz CT molecular complexity index is 504. The van der Waals surface area contributed by atoms with Crippen molar-refractivity contribution in [2.45, 2.75) is 6.92 Å². The van der Waals surface area contributed by atoms with Crippen LogP contribution in [0.2, 0.25) is 0 Å². The molecular formula is C10H9N3O3. The summed E-state index contributed by atoms with van der Waals surface area (Å²) in [6, 6.07) is 4.85. The van der Waals surface area contributed by atoms with Crippen molar-refractivity contribution in [3.05, 3.63) is 23.9 Å². The summed E-state index contributed by atoms with van der Waals surface area (Å²) < 4.78 is 9.85. The van der Waals surface area contributed by atoms with Crippen LogP contribution < -0.4 is 4.74 Å². The molecule has 0 N–H and O–H groups in total. The number of hydrogen-bond acceptors (Lipinski definition) is 6. The first-order valence-corrected chi connectivity index (χ1v) is 4.56. The summed E-state index contributed by atoms with van der Waals surface area (Å²) in [5.41, 5.74) is 0.772. The zero-order chi connectivity index (χ0) is 11.5. The van der Waals surface area contributed by atoms with E-state index in [9.17, 15) is 4.79 Å². The van der Waals surface area contributed by atoms with E-state index < -0.39 is 0 Å². The number of ether oxygens (including phenoxy) is 1. The van der Waals surface area contributed by atoms with Crippen molar-refractivity contribution in [3.63, 3.8) is 0 Å². The fourth-order valence-electron chi connectivity index (χ4n) is 1.12. The van der Waals surface area contributed by atoms with Gasteiger partial charge in [-0.25, -0.2) is 0 Å². The van der Waals surface area contributed by atoms with E-state index in [4.69, 9.17) is 9.26 Å². The summed E-state index contributed by atoms with van der Waals surface area (Å²) >= 11 is 0. The maximum atomic E-state index is 11.0. The van der Waals surface area contributed by atoms with Gasteiger partial charge in [0.1, 0.15) is 11.4 Å². The first kappa shape index (κ1) is 10.3. The number of Topliss-reactive ketones (excluding diaryl/α,β-unsaturated/α-hetero) is 1. The van der Waals surface area contributed by atoms with Gasteiger partial charge in [-0.05, 0) is 6.07 Å². The van der Waals surface area contributed by atoms with E-state index in [0.717, 1.165) is 0 Å². The Morgan fingerprint density at radius 3 is 2.69 bits per heavy atom. The summed E-state index contributed by atoms with van der Waals surface area (Å²) in [7, 11) is 1.51. The van der Waals surface area contributed by atoms with Crippen molar-refractivity contribution in [2.24, 2.45) is 0 Å². The number of hydrogen-bond donors (Lipinski definition) is 0. The molecule has 0 aliphatic rings. The molecule has 0 saturated heterocycles. The molecule has 0 aromatic carbocycles. The van der Waals surface area contributed by atoms with E-state index in [1.165, 1.54) is 20.1 Å². The van der Waals surface area contributed by atoms with Gasteiger partial charge in [-0.15, -0.1) is 10.2 Å². The van der Waals surface area contributed by atoms with Gasteiger partial charge in [0.05, 0.1) is 7.11 Å². The molecule has 6 nitrogen and oxygen atoms in total. The molecule has 0 aliphatic carbocycles. The zero-order valence-corrected chi connectivity index (χ0v) is 8.80. The minimum atomic E-state index is -0.156. The van der Waals surface area contributed by atoms with E-state index in [-0.39, 0.29) is 11.5 Å². The van der Waals surface area contributed by atoms with Crippen LogP contribution in [0.4, 0.5) is 0 Å². The van der Waals surface area contributed by atoms with Gasteiger partial charge in [0.15, 0.2) is 11.5 Å². The number of nitrogens with zero attached hydrogens (tertiary/aromatic N) is 3. The minimum absolute atomic E-state index is 0.156. The Morgan fingerprint density at radius 1 is 1.38 bits per heavy atom. The van der Waals surface area contributed by atoms with Crippen LogP contribution in [0.15, 0.2) is 22.7 Å². The molecule has 2 heterocycles. The molecule has 2 aromatic heterocycles. The van der Waals surface area contributed by atoms with Crippen LogP contribution >= 0.6 is 0 Å². The van der Waals surface area contributed by atoms with Gasteiger partial charge in [0.2, 0.25) is 5.88 Å². The van der Waals surface area contributed by atoms with Crippen LogP contribution in [0.1, 0.15) is 17.4 Å². The van der Waals surface area contributed by atoms with E-state index in [1.807, 2.05) is 0 Å². The molecule has 0 atom stereocenters. The number of carbonyl (C=O) groups excluding carboxylic acids is 1. The van der Waals surface area contributed by atoms with Crippen LogP contribution in [-0.4, -0.2) is 28.2 Å². The summed E-state index contributed by atoms with van der Waals surface area (Å²) in [6.45, 7) is 1.42. The summed E-state index contributed by atoms with van der Waals surface area (Å²) in [4.78, 5) is 11.0. The molecule has 2 rings (SSSR count). The second-order valence-corrected chi connectivity index (χ2v) is 3.09. The Labute approximate surface area is 91.2 Å².